The normalized spacial score (nSPS) is 0. The molecule has 0 aliphatic carbocycles. The SMILES string of the molecule is O.O.O.[AlH3].[NaH]. The molecule has 0 fully saturated rings. The second kappa shape index (κ2) is 52.8. The summed E-state index contributed by atoms with van der Waals surface area (Å²) in [5.41, 5.74) is 0. The summed E-state index contributed by atoms with van der Waals surface area (Å²) in [6, 6.07) is 0. The van der Waals surface area contributed by atoms with E-state index in [1.54, 1.807) is 0 Å². The van der Waals surface area contributed by atoms with Crippen LogP contribution in [0, 0.1) is 0 Å². The van der Waals surface area contributed by atoms with Gasteiger partial charge in [0.1, 0.15) is 0 Å². The van der Waals surface area contributed by atoms with Gasteiger partial charge in [-0.25, -0.2) is 0 Å². The molecule has 0 spiro atoms. The van der Waals surface area contributed by atoms with Gasteiger partial charge in [-0.15, -0.1) is 0 Å². The van der Waals surface area contributed by atoms with Crippen molar-refractivity contribution in [1.29, 1.82) is 0 Å². The van der Waals surface area contributed by atoms with E-state index < -0.39 is 0 Å². The fourth-order valence-corrected chi connectivity index (χ4v) is 0. The summed E-state index contributed by atoms with van der Waals surface area (Å²) in [5.74, 6) is 0. The van der Waals surface area contributed by atoms with Gasteiger partial charge in [-0.05, 0) is 0 Å². The van der Waals surface area contributed by atoms with Crippen molar-refractivity contribution >= 4 is 46.9 Å². The van der Waals surface area contributed by atoms with Gasteiger partial charge >= 0.3 is 29.6 Å². The molecule has 0 aromatic carbocycles. The fourth-order valence-electron chi connectivity index (χ4n) is 0. The van der Waals surface area contributed by atoms with Crippen LogP contribution in [0.25, 0.3) is 0 Å². The summed E-state index contributed by atoms with van der Waals surface area (Å²) in [4.78, 5) is 0. The summed E-state index contributed by atoms with van der Waals surface area (Å²) in [5, 5.41) is 0. The third kappa shape index (κ3) is 31.6. The second-order valence-corrected chi connectivity index (χ2v) is 0. The molecule has 0 heterocycles. The summed E-state index contributed by atoms with van der Waals surface area (Å²) < 4.78 is 0. The minimum absolute atomic E-state index is 0. The van der Waals surface area contributed by atoms with Gasteiger partial charge in [-0.2, -0.15) is 0 Å². The minimum atomic E-state index is 0. The van der Waals surface area contributed by atoms with E-state index >= 15 is 0 Å². The zero-order chi connectivity index (χ0) is 0. The molecule has 0 aromatic rings. The Kier molecular flexibility index (Phi) is 995. The molecule has 0 aromatic heterocycles. The second-order valence-electron chi connectivity index (χ2n) is 0. The van der Waals surface area contributed by atoms with Crippen LogP contribution in [0.15, 0.2) is 0 Å². The quantitative estimate of drug-likeness (QED) is 0.281. The molecule has 0 radical (unpaired) electrons. The molecule has 32 valence electrons. The topological polar surface area (TPSA) is 94.5 Å². The molecule has 0 saturated carbocycles. The third-order valence-electron chi connectivity index (χ3n) is 0. The van der Waals surface area contributed by atoms with Gasteiger partial charge in [0.15, 0.2) is 17.4 Å². The van der Waals surface area contributed by atoms with Crippen LogP contribution in [-0.2, 0) is 0 Å². The van der Waals surface area contributed by atoms with E-state index in [0.717, 1.165) is 0 Å². The van der Waals surface area contributed by atoms with E-state index in [-0.39, 0.29) is 63.3 Å². The van der Waals surface area contributed by atoms with E-state index in [0.29, 0.717) is 0 Å². The molecule has 5 heavy (non-hydrogen) atoms. The monoisotopic (exact) mass is 108 g/mol. The van der Waals surface area contributed by atoms with Gasteiger partial charge in [-0.1, -0.05) is 0 Å². The number of rotatable bonds is 0. The zero-order valence-corrected chi connectivity index (χ0v) is 1.50. The van der Waals surface area contributed by atoms with Crippen LogP contribution in [0.3, 0.4) is 0 Å². The van der Waals surface area contributed by atoms with Crippen molar-refractivity contribution in [3.63, 3.8) is 0 Å². The van der Waals surface area contributed by atoms with Crippen molar-refractivity contribution in [1.82, 2.24) is 0 Å². The Hall–Kier alpha value is 1.41. The van der Waals surface area contributed by atoms with Crippen molar-refractivity contribution in [2.45, 2.75) is 0 Å². The average molecular weight is 108 g/mol. The van der Waals surface area contributed by atoms with Crippen molar-refractivity contribution in [2.75, 3.05) is 0 Å². The Morgan fingerprint density at radius 2 is 0.600 bits per heavy atom. The van der Waals surface area contributed by atoms with E-state index in [9.17, 15) is 0 Å². The van der Waals surface area contributed by atoms with E-state index in [1.165, 1.54) is 0 Å². The predicted octanol–water partition coefficient (Wildman–Crippen LogP) is -4.31. The molecule has 0 rings (SSSR count). The van der Waals surface area contributed by atoms with Crippen molar-refractivity contribution in [3.05, 3.63) is 0 Å². The number of hydrogen-bond donors (Lipinski definition) is 0. The Balaban J connectivity index is 0. The van der Waals surface area contributed by atoms with Crippen molar-refractivity contribution < 1.29 is 16.4 Å². The van der Waals surface area contributed by atoms with Gasteiger partial charge in [0, 0.05) is 0 Å². The first kappa shape index (κ1) is 94.2. The average Bonchev–Trinajstić information content (AvgIpc) is 0. The molecule has 0 aliphatic heterocycles. The van der Waals surface area contributed by atoms with Crippen LogP contribution in [0.4, 0.5) is 0 Å². The number of hydrogen-bond acceptors (Lipinski definition) is 0. The van der Waals surface area contributed by atoms with Gasteiger partial charge < -0.3 is 16.4 Å². The van der Waals surface area contributed by atoms with Gasteiger partial charge in [0.2, 0.25) is 0 Å². The maximum atomic E-state index is 0. The molecule has 0 atom stereocenters. The zero-order valence-electron chi connectivity index (χ0n) is 1.50. The van der Waals surface area contributed by atoms with Crippen LogP contribution in [0.2, 0.25) is 0 Å². The summed E-state index contributed by atoms with van der Waals surface area (Å²) in [6.45, 7) is 0. The molecule has 0 unspecified atom stereocenters. The molecule has 0 bridgehead atoms. The third-order valence-corrected chi connectivity index (χ3v) is 0. The van der Waals surface area contributed by atoms with Crippen LogP contribution in [-0.4, -0.2) is 63.3 Å². The first-order valence-corrected chi connectivity index (χ1v) is 0. The predicted molar refractivity (Wildman–Crippen MR) is 27.9 cm³/mol. The van der Waals surface area contributed by atoms with Crippen LogP contribution >= 0.6 is 0 Å². The first-order valence-electron chi connectivity index (χ1n) is 0. The summed E-state index contributed by atoms with van der Waals surface area (Å²) >= 11 is 0. The Morgan fingerprint density at radius 1 is 0.600 bits per heavy atom. The van der Waals surface area contributed by atoms with Crippen LogP contribution < -0.4 is 0 Å². The van der Waals surface area contributed by atoms with Crippen LogP contribution in [0.5, 0.6) is 0 Å². The van der Waals surface area contributed by atoms with Crippen LogP contribution in [0.1, 0.15) is 0 Å². The molecule has 6 N–H and O–H groups in total. The summed E-state index contributed by atoms with van der Waals surface area (Å²) in [7, 11) is 0. The Labute approximate surface area is 63.1 Å². The van der Waals surface area contributed by atoms with Gasteiger partial charge in [-0.3, -0.25) is 0 Å². The molecule has 0 aliphatic rings. The molecular weight excluding hydrogens is 98.0 g/mol. The fraction of sp³-hybridized carbons (Fsp3) is 0. The standard InChI is InChI=1S/Al.Na.3H2O.4H/h;;3*1H2;;;;. The first-order chi connectivity index (χ1) is 0. The maximum absolute atomic E-state index is 0. The molecule has 3 nitrogen and oxygen atoms in total. The van der Waals surface area contributed by atoms with E-state index in [2.05, 4.69) is 0 Å². The molecule has 0 amide bonds. The molecule has 0 saturated heterocycles. The van der Waals surface area contributed by atoms with E-state index in [4.69, 9.17) is 0 Å². The van der Waals surface area contributed by atoms with Gasteiger partial charge in [0.25, 0.3) is 0 Å². The summed E-state index contributed by atoms with van der Waals surface area (Å²) in [6.07, 6.45) is 0. The Morgan fingerprint density at radius 3 is 0.600 bits per heavy atom. The van der Waals surface area contributed by atoms with Gasteiger partial charge in [0.05, 0.1) is 0 Å². The Bertz CT molecular complexity index is 6.85. The van der Waals surface area contributed by atoms with E-state index in [1.807, 2.05) is 0 Å². The molecular formula is H10AlNaO3. The molecule has 5 heteroatoms. The van der Waals surface area contributed by atoms with Crippen molar-refractivity contribution in [2.24, 2.45) is 0 Å². The van der Waals surface area contributed by atoms with Crippen molar-refractivity contribution in [3.8, 4) is 0 Å².